The van der Waals surface area contributed by atoms with Crippen LogP contribution in [0.15, 0.2) is 17.6 Å². The lowest BCUT2D eigenvalue weighted by Crippen LogP contribution is -2.38. The van der Waals surface area contributed by atoms with Gasteiger partial charge in [0.15, 0.2) is 11.8 Å². The van der Waals surface area contributed by atoms with Gasteiger partial charge in [0.1, 0.15) is 12.4 Å². The molecule has 0 aromatic carbocycles. The molecule has 0 atom stereocenters. The summed E-state index contributed by atoms with van der Waals surface area (Å²) < 4.78 is 1.96. The van der Waals surface area contributed by atoms with Gasteiger partial charge >= 0.3 is 0 Å². The van der Waals surface area contributed by atoms with E-state index in [9.17, 15) is 0 Å². The van der Waals surface area contributed by atoms with Crippen molar-refractivity contribution in [2.75, 3.05) is 13.1 Å². The van der Waals surface area contributed by atoms with Gasteiger partial charge in [0.05, 0.1) is 0 Å². The van der Waals surface area contributed by atoms with Crippen LogP contribution in [0, 0.1) is 6.92 Å². The van der Waals surface area contributed by atoms with Gasteiger partial charge in [0.2, 0.25) is 0 Å². The highest BCUT2D eigenvalue weighted by Crippen LogP contribution is 2.06. The smallest absolute Gasteiger partial charge is 0.191 e. The molecule has 0 aliphatic heterocycles. The predicted molar refractivity (Wildman–Crippen MR) is 101 cm³/mol. The van der Waals surface area contributed by atoms with Crippen LogP contribution in [-0.2, 0) is 13.6 Å². The lowest BCUT2D eigenvalue weighted by atomic mass is 10.1. The van der Waals surface area contributed by atoms with Gasteiger partial charge in [-0.1, -0.05) is 51.5 Å². The molecule has 0 saturated heterocycles. The predicted octanol–water partition coefficient (Wildman–Crippen LogP) is 3.10. The zero-order valence-electron chi connectivity index (χ0n) is 15.6. The first-order valence-corrected chi connectivity index (χ1v) is 9.17. The van der Waals surface area contributed by atoms with Crippen LogP contribution in [0.1, 0.15) is 63.5 Å². The molecule has 6 nitrogen and oxygen atoms in total. The van der Waals surface area contributed by atoms with E-state index in [4.69, 9.17) is 0 Å². The highest BCUT2D eigenvalue weighted by molar-refractivity contribution is 5.79. The lowest BCUT2D eigenvalue weighted by Gasteiger charge is -2.11. The Kier molecular flexibility index (Phi) is 10.6. The van der Waals surface area contributed by atoms with Crippen molar-refractivity contribution in [3.63, 3.8) is 0 Å². The Balaban J connectivity index is 2.32. The van der Waals surface area contributed by atoms with Crippen molar-refractivity contribution < 1.29 is 0 Å². The zero-order chi connectivity index (χ0) is 17.6. The fourth-order valence-corrected chi connectivity index (χ4v) is 2.37. The molecule has 0 spiro atoms. The second kappa shape index (κ2) is 12.6. The summed E-state index contributed by atoms with van der Waals surface area (Å²) in [6.07, 6.45) is 11.0. The van der Waals surface area contributed by atoms with E-state index in [0.717, 1.165) is 24.2 Å². The number of guanidine groups is 1. The minimum atomic E-state index is 0.515. The van der Waals surface area contributed by atoms with Gasteiger partial charge in [-0.15, -0.1) is 16.8 Å². The molecule has 0 amide bonds. The van der Waals surface area contributed by atoms with E-state index in [1.165, 1.54) is 44.9 Å². The summed E-state index contributed by atoms with van der Waals surface area (Å²) in [7, 11) is 1.96. The van der Waals surface area contributed by atoms with Gasteiger partial charge < -0.3 is 15.2 Å². The van der Waals surface area contributed by atoms with Crippen LogP contribution < -0.4 is 10.6 Å². The van der Waals surface area contributed by atoms with Crippen LogP contribution in [-0.4, -0.2) is 33.8 Å². The summed E-state index contributed by atoms with van der Waals surface area (Å²) >= 11 is 0. The van der Waals surface area contributed by atoms with E-state index in [1.54, 1.807) is 0 Å². The van der Waals surface area contributed by atoms with Gasteiger partial charge in [0.25, 0.3) is 0 Å². The Labute approximate surface area is 146 Å². The van der Waals surface area contributed by atoms with Crippen molar-refractivity contribution in [1.29, 1.82) is 0 Å². The number of unbranched alkanes of at least 4 members (excludes halogenated alkanes) is 6. The number of aliphatic imine (C=N–C) groups is 1. The molecule has 2 N–H and O–H groups in total. The number of aryl methyl sites for hydroxylation is 1. The SMILES string of the molecule is C=CCNC(=NCc1nnc(C)n1C)NCCCCCCCCC. The Morgan fingerprint density at radius 3 is 2.46 bits per heavy atom. The minimum absolute atomic E-state index is 0.515. The molecule has 0 fully saturated rings. The van der Waals surface area contributed by atoms with Crippen molar-refractivity contribution in [3.8, 4) is 0 Å². The third-order valence-corrected chi connectivity index (χ3v) is 4.05. The van der Waals surface area contributed by atoms with Gasteiger partial charge in [-0.25, -0.2) is 4.99 Å². The summed E-state index contributed by atoms with van der Waals surface area (Å²) in [6.45, 7) is 10.1. The number of aromatic nitrogens is 3. The highest BCUT2D eigenvalue weighted by atomic mass is 15.3. The topological polar surface area (TPSA) is 67.1 Å². The molecule has 1 aromatic rings. The van der Waals surface area contributed by atoms with Crippen LogP contribution in [0.4, 0.5) is 0 Å². The van der Waals surface area contributed by atoms with Crippen molar-refractivity contribution >= 4 is 5.96 Å². The highest BCUT2D eigenvalue weighted by Gasteiger charge is 2.04. The molecule has 1 heterocycles. The van der Waals surface area contributed by atoms with Crippen LogP contribution in [0.25, 0.3) is 0 Å². The molecule has 1 rings (SSSR count). The number of hydrogen-bond acceptors (Lipinski definition) is 3. The molecule has 0 saturated carbocycles. The first-order valence-electron chi connectivity index (χ1n) is 9.17. The molecule has 0 radical (unpaired) electrons. The molecule has 0 aliphatic rings. The third-order valence-electron chi connectivity index (χ3n) is 4.05. The summed E-state index contributed by atoms with van der Waals surface area (Å²) in [4.78, 5) is 4.59. The average Bonchev–Trinajstić information content (AvgIpc) is 2.90. The second-order valence-corrected chi connectivity index (χ2v) is 6.10. The molecule has 0 unspecified atom stereocenters. The first kappa shape index (κ1) is 20.2. The lowest BCUT2D eigenvalue weighted by molar-refractivity contribution is 0.584. The summed E-state index contributed by atoms with van der Waals surface area (Å²) in [5, 5.41) is 14.8. The first-order chi connectivity index (χ1) is 11.7. The molecule has 0 aliphatic carbocycles. The number of nitrogens with one attached hydrogen (secondary N) is 2. The minimum Gasteiger partial charge on any atom is -0.356 e. The number of nitrogens with zero attached hydrogens (tertiary/aromatic N) is 4. The Morgan fingerprint density at radius 2 is 1.83 bits per heavy atom. The van der Waals surface area contributed by atoms with E-state index >= 15 is 0 Å². The summed E-state index contributed by atoms with van der Waals surface area (Å²) in [6, 6.07) is 0. The van der Waals surface area contributed by atoms with Crippen LogP contribution in [0.2, 0.25) is 0 Å². The van der Waals surface area contributed by atoms with E-state index in [2.05, 4.69) is 39.3 Å². The summed E-state index contributed by atoms with van der Waals surface area (Å²) in [5.41, 5.74) is 0. The monoisotopic (exact) mass is 334 g/mol. The summed E-state index contributed by atoms with van der Waals surface area (Å²) in [5.74, 6) is 2.57. The fourth-order valence-electron chi connectivity index (χ4n) is 2.37. The van der Waals surface area contributed by atoms with Gasteiger partial charge in [-0.3, -0.25) is 0 Å². The molecule has 0 bridgehead atoms. The number of rotatable bonds is 12. The Morgan fingerprint density at radius 1 is 1.12 bits per heavy atom. The molecule has 6 heteroatoms. The molecule has 1 aromatic heterocycles. The molecule has 24 heavy (non-hydrogen) atoms. The number of hydrogen-bond donors (Lipinski definition) is 2. The van der Waals surface area contributed by atoms with Crippen LogP contribution in [0.5, 0.6) is 0 Å². The van der Waals surface area contributed by atoms with Gasteiger partial charge in [-0.2, -0.15) is 0 Å². The Bertz CT molecular complexity index is 492. The van der Waals surface area contributed by atoms with E-state index in [0.29, 0.717) is 13.1 Å². The zero-order valence-corrected chi connectivity index (χ0v) is 15.6. The maximum absolute atomic E-state index is 4.59. The van der Waals surface area contributed by atoms with Crippen molar-refractivity contribution in [2.24, 2.45) is 12.0 Å². The Hall–Kier alpha value is -1.85. The van der Waals surface area contributed by atoms with Crippen LogP contribution in [0.3, 0.4) is 0 Å². The second-order valence-electron chi connectivity index (χ2n) is 6.10. The van der Waals surface area contributed by atoms with E-state index in [-0.39, 0.29) is 0 Å². The maximum Gasteiger partial charge on any atom is 0.191 e. The molecular weight excluding hydrogens is 300 g/mol. The van der Waals surface area contributed by atoms with Gasteiger partial charge in [-0.05, 0) is 13.3 Å². The maximum atomic E-state index is 4.59. The molecular formula is C18H34N6. The van der Waals surface area contributed by atoms with E-state index in [1.807, 2.05) is 24.6 Å². The van der Waals surface area contributed by atoms with Crippen LogP contribution >= 0.6 is 0 Å². The van der Waals surface area contributed by atoms with E-state index < -0.39 is 0 Å². The third kappa shape index (κ3) is 8.13. The quantitative estimate of drug-likeness (QED) is 0.267. The normalized spacial score (nSPS) is 11.5. The average molecular weight is 335 g/mol. The largest absolute Gasteiger partial charge is 0.356 e. The van der Waals surface area contributed by atoms with Gasteiger partial charge in [0, 0.05) is 20.1 Å². The van der Waals surface area contributed by atoms with Crippen molar-refractivity contribution in [3.05, 3.63) is 24.3 Å². The fraction of sp³-hybridized carbons (Fsp3) is 0.722. The standard InChI is InChI=1S/C18H34N6/c1-5-7-8-9-10-11-12-14-20-18(19-13-6-2)21-15-17-23-22-16(3)24(17)4/h6H,2,5,7-15H2,1,3-4H3,(H2,19,20,21). The van der Waals surface area contributed by atoms with Crippen molar-refractivity contribution in [1.82, 2.24) is 25.4 Å². The molecule has 136 valence electrons. The van der Waals surface area contributed by atoms with Crippen molar-refractivity contribution in [2.45, 2.75) is 65.3 Å².